The second-order valence-corrected chi connectivity index (χ2v) is 10.4. The van der Waals surface area contributed by atoms with Crippen molar-refractivity contribution in [1.82, 2.24) is 0 Å². The Morgan fingerprint density at radius 3 is 1.29 bits per heavy atom. The predicted molar refractivity (Wildman–Crippen MR) is 124 cm³/mol. The molecule has 0 radical (unpaired) electrons. The third kappa shape index (κ3) is 5.42. The molecule has 0 fully saturated rings. The van der Waals surface area contributed by atoms with Crippen molar-refractivity contribution in [2.75, 3.05) is 28.4 Å². The van der Waals surface area contributed by atoms with Crippen LogP contribution in [0.5, 0.6) is 23.0 Å². The van der Waals surface area contributed by atoms with Crippen LogP contribution in [-0.4, -0.2) is 28.4 Å². The smallest absolute Gasteiger partial charge is 0.126 e. The Morgan fingerprint density at radius 1 is 0.548 bits per heavy atom. The molecule has 0 bridgehead atoms. The van der Waals surface area contributed by atoms with E-state index in [1.54, 1.807) is 28.4 Å². The van der Waals surface area contributed by atoms with Crippen molar-refractivity contribution in [3.8, 4) is 23.0 Å². The van der Waals surface area contributed by atoms with E-state index in [1.807, 2.05) is 66.7 Å². The summed E-state index contributed by atoms with van der Waals surface area (Å²) in [5, 5.41) is 0. The monoisotopic (exact) mass is 440 g/mol. The van der Waals surface area contributed by atoms with Gasteiger partial charge in [0.05, 0.1) is 28.4 Å². The molecule has 0 unspecified atom stereocenters. The van der Waals surface area contributed by atoms with Crippen molar-refractivity contribution in [2.24, 2.45) is 0 Å². The fourth-order valence-electron chi connectivity index (χ4n) is 3.83. The van der Waals surface area contributed by atoms with Crippen molar-refractivity contribution in [3.63, 3.8) is 0 Å². The SMILES string of the molecule is COc1cccc(OC)c1CP(=O)(Cc1ccccc1)Cc1c(OC)cccc1OC. The van der Waals surface area contributed by atoms with E-state index in [0.29, 0.717) is 41.5 Å². The van der Waals surface area contributed by atoms with Gasteiger partial charge in [0, 0.05) is 29.6 Å². The molecule has 0 spiro atoms. The van der Waals surface area contributed by atoms with Gasteiger partial charge in [0.25, 0.3) is 0 Å². The summed E-state index contributed by atoms with van der Waals surface area (Å²) in [6.45, 7) is 0. The Labute approximate surface area is 184 Å². The highest BCUT2D eigenvalue weighted by Crippen LogP contribution is 2.59. The first-order valence-corrected chi connectivity index (χ1v) is 12.3. The number of hydrogen-bond acceptors (Lipinski definition) is 5. The van der Waals surface area contributed by atoms with Crippen molar-refractivity contribution in [2.45, 2.75) is 18.5 Å². The molecular weight excluding hydrogens is 411 g/mol. The van der Waals surface area contributed by atoms with Gasteiger partial charge in [0.15, 0.2) is 0 Å². The molecule has 3 rings (SSSR count). The average molecular weight is 440 g/mol. The number of ether oxygens (including phenoxy) is 4. The fraction of sp³-hybridized carbons (Fsp3) is 0.280. The molecule has 0 saturated carbocycles. The lowest BCUT2D eigenvalue weighted by atomic mass is 10.2. The Morgan fingerprint density at radius 2 is 0.935 bits per heavy atom. The van der Waals surface area contributed by atoms with E-state index in [4.69, 9.17) is 18.9 Å². The molecule has 5 nitrogen and oxygen atoms in total. The van der Waals surface area contributed by atoms with Crippen molar-refractivity contribution in [3.05, 3.63) is 83.4 Å². The lowest BCUT2D eigenvalue weighted by Crippen LogP contribution is -2.04. The van der Waals surface area contributed by atoms with Crippen LogP contribution in [0.2, 0.25) is 0 Å². The molecule has 0 aliphatic carbocycles. The Balaban J connectivity index is 2.09. The molecule has 0 amide bonds. The lowest BCUT2D eigenvalue weighted by molar-refractivity contribution is 0.386. The summed E-state index contributed by atoms with van der Waals surface area (Å²) in [5.74, 6) is 2.67. The van der Waals surface area contributed by atoms with Crippen LogP contribution in [0.3, 0.4) is 0 Å². The van der Waals surface area contributed by atoms with Crippen LogP contribution >= 0.6 is 7.14 Å². The van der Waals surface area contributed by atoms with E-state index < -0.39 is 7.14 Å². The summed E-state index contributed by atoms with van der Waals surface area (Å²) in [5.41, 5.74) is 2.63. The molecule has 0 saturated heterocycles. The maximum atomic E-state index is 14.6. The van der Waals surface area contributed by atoms with Gasteiger partial charge >= 0.3 is 0 Å². The minimum atomic E-state index is -2.87. The molecule has 0 aliphatic rings. The largest absolute Gasteiger partial charge is 0.496 e. The molecule has 0 aromatic heterocycles. The van der Waals surface area contributed by atoms with Gasteiger partial charge < -0.3 is 23.5 Å². The second kappa shape index (κ2) is 10.4. The zero-order valence-corrected chi connectivity index (χ0v) is 19.4. The topological polar surface area (TPSA) is 54.0 Å². The predicted octanol–water partition coefficient (Wildman–Crippen LogP) is 5.98. The molecule has 0 heterocycles. The average Bonchev–Trinajstić information content (AvgIpc) is 2.79. The minimum absolute atomic E-state index is 0.330. The standard InChI is InChI=1S/C25H29O5P/c1-27-22-12-8-13-23(28-2)20(22)17-31(26,16-19-10-6-5-7-11-19)18-21-24(29-3)14-9-15-25(21)30-4/h5-15H,16-18H2,1-4H3. The summed E-state index contributed by atoms with van der Waals surface area (Å²) in [6.07, 6.45) is 1.10. The van der Waals surface area contributed by atoms with E-state index >= 15 is 0 Å². The molecule has 0 aliphatic heterocycles. The van der Waals surface area contributed by atoms with Crippen LogP contribution in [-0.2, 0) is 23.1 Å². The van der Waals surface area contributed by atoms with E-state index in [9.17, 15) is 4.57 Å². The number of benzene rings is 3. The molecule has 6 heteroatoms. The highest BCUT2D eigenvalue weighted by molar-refractivity contribution is 7.61. The first-order chi connectivity index (χ1) is 15.0. The van der Waals surface area contributed by atoms with Crippen LogP contribution in [0.1, 0.15) is 16.7 Å². The van der Waals surface area contributed by atoms with Gasteiger partial charge in [-0.3, -0.25) is 0 Å². The van der Waals surface area contributed by atoms with Gasteiger partial charge in [-0.2, -0.15) is 0 Å². The number of hydrogen-bond donors (Lipinski definition) is 0. The van der Waals surface area contributed by atoms with Crippen LogP contribution in [0.4, 0.5) is 0 Å². The van der Waals surface area contributed by atoms with Crippen LogP contribution < -0.4 is 18.9 Å². The van der Waals surface area contributed by atoms with Gasteiger partial charge in [-0.25, -0.2) is 0 Å². The van der Waals surface area contributed by atoms with E-state index in [-0.39, 0.29) is 0 Å². The van der Waals surface area contributed by atoms with Gasteiger partial charge in [-0.1, -0.05) is 42.5 Å². The van der Waals surface area contributed by atoms with Crippen molar-refractivity contribution in [1.29, 1.82) is 0 Å². The zero-order chi connectivity index (χ0) is 22.3. The van der Waals surface area contributed by atoms with Crippen LogP contribution in [0.25, 0.3) is 0 Å². The third-order valence-corrected chi connectivity index (χ3v) is 7.99. The Hall–Kier alpha value is -2.91. The minimum Gasteiger partial charge on any atom is -0.496 e. The maximum absolute atomic E-state index is 14.6. The molecule has 164 valence electrons. The highest BCUT2D eigenvalue weighted by Gasteiger charge is 2.30. The van der Waals surface area contributed by atoms with E-state index in [2.05, 4.69) is 0 Å². The van der Waals surface area contributed by atoms with Crippen molar-refractivity contribution < 1.29 is 23.5 Å². The van der Waals surface area contributed by atoms with Gasteiger partial charge in [-0.05, 0) is 29.8 Å². The molecular formula is C25H29O5P. The van der Waals surface area contributed by atoms with Gasteiger partial charge in [0.1, 0.15) is 30.1 Å². The fourth-order valence-corrected chi connectivity index (χ4v) is 6.82. The van der Waals surface area contributed by atoms with Crippen LogP contribution in [0, 0.1) is 0 Å². The van der Waals surface area contributed by atoms with Gasteiger partial charge in [-0.15, -0.1) is 0 Å². The molecule has 31 heavy (non-hydrogen) atoms. The van der Waals surface area contributed by atoms with Gasteiger partial charge in [0.2, 0.25) is 0 Å². The second-order valence-electron chi connectivity index (χ2n) is 7.30. The molecule has 3 aromatic carbocycles. The molecule has 0 N–H and O–H groups in total. The highest BCUT2D eigenvalue weighted by atomic mass is 31.2. The summed E-state index contributed by atoms with van der Waals surface area (Å²) < 4.78 is 36.9. The maximum Gasteiger partial charge on any atom is 0.126 e. The normalized spacial score (nSPS) is 11.1. The summed E-state index contributed by atoms with van der Waals surface area (Å²) >= 11 is 0. The number of methoxy groups -OCH3 is 4. The zero-order valence-electron chi connectivity index (χ0n) is 18.5. The Bertz CT molecular complexity index is 943. The third-order valence-electron chi connectivity index (χ3n) is 5.27. The first kappa shape index (κ1) is 22.8. The lowest BCUT2D eigenvalue weighted by Gasteiger charge is -2.23. The number of rotatable bonds is 10. The quantitative estimate of drug-likeness (QED) is 0.363. The van der Waals surface area contributed by atoms with E-state index in [1.165, 1.54) is 0 Å². The van der Waals surface area contributed by atoms with Crippen molar-refractivity contribution >= 4 is 7.14 Å². The summed E-state index contributed by atoms with van der Waals surface area (Å²) in [7, 11) is 3.59. The summed E-state index contributed by atoms with van der Waals surface area (Å²) in [4.78, 5) is 0. The molecule has 0 atom stereocenters. The van der Waals surface area contributed by atoms with E-state index in [0.717, 1.165) is 16.7 Å². The molecule has 3 aromatic rings. The van der Waals surface area contributed by atoms with Crippen LogP contribution in [0.15, 0.2) is 66.7 Å². The summed E-state index contributed by atoms with van der Waals surface area (Å²) in [6, 6.07) is 21.1. The first-order valence-electron chi connectivity index (χ1n) is 10.0. The Kier molecular flexibility index (Phi) is 7.64.